The summed E-state index contributed by atoms with van der Waals surface area (Å²) in [5.74, 6) is 0.293. The van der Waals surface area contributed by atoms with E-state index in [2.05, 4.69) is 0 Å². The van der Waals surface area contributed by atoms with E-state index < -0.39 is 8.11 Å². The number of carbonyl (C=O) groups is 1. The van der Waals surface area contributed by atoms with Gasteiger partial charge in [-0.1, -0.05) is 6.55 Å². The highest BCUT2D eigenvalue weighted by molar-refractivity contribution is 7.06. The van der Waals surface area contributed by atoms with Crippen molar-refractivity contribution < 1.29 is 4.79 Å². The number of hydrogen-bond acceptors (Lipinski definition) is 1. The van der Waals surface area contributed by atoms with E-state index in [-0.39, 0.29) is 0 Å². The highest BCUT2D eigenvalue weighted by Gasteiger charge is 2.19. The Hall–Kier alpha value is -0.0231. The molecule has 1 heterocycles. The van der Waals surface area contributed by atoms with Crippen LogP contribution in [0, 0.1) is 0 Å². The molecule has 63 valence electrons. The number of carbonyl (C=O) groups excluding carboxylic acids is 1. The van der Waals surface area contributed by atoms with Gasteiger partial charge in [0.15, 0.2) is 8.11 Å². The smallest absolute Gasteiger partial charge is 0.222 e. The number of halogens is 1. The lowest BCUT2D eigenvalue weighted by atomic mass is 10.1. The molecule has 0 unspecified atom stereocenters. The fourth-order valence-electron chi connectivity index (χ4n) is 1.29. The Morgan fingerprint density at radius 2 is 2.36 bits per heavy atom. The third-order valence-electron chi connectivity index (χ3n) is 1.83. The lowest BCUT2D eigenvalue weighted by molar-refractivity contribution is -0.132. The summed E-state index contributed by atoms with van der Waals surface area (Å²) in [5.41, 5.74) is 0. The van der Waals surface area contributed by atoms with Crippen LogP contribution in [0.2, 0.25) is 6.55 Å². The molecule has 1 aliphatic heterocycles. The molecular weight excluding hydrogens is 178 g/mol. The van der Waals surface area contributed by atoms with Gasteiger partial charge < -0.3 is 4.90 Å². The highest BCUT2D eigenvalue weighted by atomic mass is 35.6. The van der Waals surface area contributed by atoms with E-state index >= 15 is 0 Å². The normalized spacial score (nSPS) is 19.5. The summed E-state index contributed by atoms with van der Waals surface area (Å²) in [5, 5.41) is 0. The van der Waals surface area contributed by atoms with Crippen molar-refractivity contribution in [3.63, 3.8) is 0 Å². The number of piperidine rings is 1. The van der Waals surface area contributed by atoms with Crippen LogP contribution >= 0.6 is 11.1 Å². The van der Waals surface area contributed by atoms with Gasteiger partial charge in [-0.15, -0.1) is 0 Å². The molecule has 0 N–H and O–H groups in total. The monoisotopic (exact) mass is 190 g/mol. The van der Waals surface area contributed by atoms with E-state index in [1.807, 2.05) is 11.4 Å². The SMILES string of the molecule is C[Si](Cl)CN1CCCCC1=O. The first-order valence-corrected chi connectivity index (χ1v) is 7.18. The summed E-state index contributed by atoms with van der Waals surface area (Å²) >= 11 is 5.88. The predicted molar refractivity (Wildman–Crippen MR) is 47.9 cm³/mol. The van der Waals surface area contributed by atoms with Gasteiger partial charge in [0, 0.05) is 19.1 Å². The summed E-state index contributed by atoms with van der Waals surface area (Å²) in [7, 11) is -0.789. The average Bonchev–Trinajstić information content (AvgIpc) is 1.93. The molecule has 1 fully saturated rings. The topological polar surface area (TPSA) is 20.3 Å². The third kappa shape index (κ3) is 2.83. The molecule has 1 saturated heterocycles. The van der Waals surface area contributed by atoms with E-state index in [0.29, 0.717) is 5.91 Å². The summed E-state index contributed by atoms with van der Waals surface area (Å²) in [4.78, 5) is 13.1. The van der Waals surface area contributed by atoms with E-state index in [1.54, 1.807) is 0 Å². The molecule has 0 spiro atoms. The summed E-state index contributed by atoms with van der Waals surface area (Å²) in [6.45, 7) is 2.95. The molecule has 1 amide bonds. The first kappa shape index (κ1) is 9.07. The maximum Gasteiger partial charge on any atom is 0.222 e. The fourth-order valence-corrected chi connectivity index (χ4v) is 2.59. The molecule has 1 aliphatic rings. The quantitative estimate of drug-likeness (QED) is 0.476. The average molecular weight is 191 g/mol. The highest BCUT2D eigenvalue weighted by Crippen LogP contribution is 2.10. The largest absolute Gasteiger partial charge is 0.344 e. The minimum atomic E-state index is -0.789. The van der Waals surface area contributed by atoms with Gasteiger partial charge in [0.25, 0.3) is 0 Å². The van der Waals surface area contributed by atoms with Crippen molar-refractivity contribution >= 4 is 25.1 Å². The minimum Gasteiger partial charge on any atom is -0.344 e. The number of rotatable bonds is 2. The van der Waals surface area contributed by atoms with Crippen molar-refractivity contribution in [2.24, 2.45) is 0 Å². The fraction of sp³-hybridized carbons (Fsp3) is 0.857. The molecule has 0 bridgehead atoms. The van der Waals surface area contributed by atoms with Gasteiger partial charge in [0.05, 0.1) is 0 Å². The van der Waals surface area contributed by atoms with Crippen molar-refractivity contribution in [3.05, 3.63) is 0 Å². The molecule has 0 aromatic heterocycles. The summed E-state index contributed by atoms with van der Waals surface area (Å²) in [6, 6.07) is 0. The number of nitrogens with zero attached hydrogens (tertiary/aromatic N) is 1. The Bertz CT molecular complexity index is 151. The maximum atomic E-state index is 11.2. The van der Waals surface area contributed by atoms with Crippen LogP contribution in [-0.2, 0) is 4.79 Å². The van der Waals surface area contributed by atoms with Crippen molar-refractivity contribution in [2.75, 3.05) is 12.7 Å². The van der Waals surface area contributed by atoms with Gasteiger partial charge in [-0.3, -0.25) is 4.79 Å². The number of hydrogen-bond donors (Lipinski definition) is 0. The van der Waals surface area contributed by atoms with E-state index in [1.165, 1.54) is 0 Å². The summed E-state index contributed by atoms with van der Waals surface area (Å²) < 4.78 is 0. The molecule has 11 heavy (non-hydrogen) atoms. The van der Waals surface area contributed by atoms with Crippen molar-refractivity contribution in [1.82, 2.24) is 4.90 Å². The van der Waals surface area contributed by atoms with E-state index in [4.69, 9.17) is 11.1 Å². The van der Waals surface area contributed by atoms with Gasteiger partial charge in [-0.25, -0.2) is 0 Å². The number of likely N-dealkylation sites (tertiary alicyclic amines) is 1. The first-order valence-electron chi connectivity index (χ1n) is 3.96. The second kappa shape index (κ2) is 4.12. The van der Waals surface area contributed by atoms with Crippen LogP contribution in [-0.4, -0.2) is 31.6 Å². The Balaban J connectivity index is 2.36. The Kier molecular flexibility index (Phi) is 3.39. The van der Waals surface area contributed by atoms with E-state index in [9.17, 15) is 4.79 Å². The standard InChI is InChI=1S/C7H13ClNOSi/c1-11(8)6-9-5-3-2-4-7(9)10/h2-6H2,1H3. The van der Waals surface area contributed by atoms with Crippen LogP contribution in [0.25, 0.3) is 0 Å². The van der Waals surface area contributed by atoms with Crippen LogP contribution in [0.1, 0.15) is 19.3 Å². The van der Waals surface area contributed by atoms with Gasteiger partial charge in [-0.2, -0.15) is 11.1 Å². The number of amides is 1. The Labute approximate surface area is 73.8 Å². The van der Waals surface area contributed by atoms with E-state index in [0.717, 1.165) is 32.0 Å². The molecule has 0 aromatic rings. The summed E-state index contributed by atoms with van der Waals surface area (Å²) in [6.07, 6.45) is 3.75. The predicted octanol–water partition coefficient (Wildman–Crippen LogP) is 1.40. The van der Waals surface area contributed by atoms with Gasteiger partial charge >= 0.3 is 0 Å². The maximum absolute atomic E-state index is 11.2. The molecule has 2 nitrogen and oxygen atoms in total. The molecule has 0 aliphatic carbocycles. The van der Waals surface area contributed by atoms with Gasteiger partial charge in [0.1, 0.15) is 0 Å². The van der Waals surface area contributed by atoms with Crippen LogP contribution in [0.3, 0.4) is 0 Å². The van der Waals surface area contributed by atoms with Gasteiger partial charge in [0.2, 0.25) is 5.91 Å². The lowest BCUT2D eigenvalue weighted by Crippen LogP contribution is -2.39. The van der Waals surface area contributed by atoms with Crippen molar-refractivity contribution in [2.45, 2.75) is 25.8 Å². The second-order valence-electron chi connectivity index (χ2n) is 2.95. The Morgan fingerprint density at radius 3 is 2.91 bits per heavy atom. The molecular formula is C7H13ClNOSi. The molecule has 4 heteroatoms. The van der Waals surface area contributed by atoms with Crippen LogP contribution in [0.4, 0.5) is 0 Å². The second-order valence-corrected chi connectivity index (χ2v) is 6.55. The zero-order chi connectivity index (χ0) is 8.27. The molecule has 1 radical (unpaired) electrons. The third-order valence-corrected chi connectivity index (χ3v) is 3.01. The molecule has 0 atom stereocenters. The van der Waals surface area contributed by atoms with Crippen LogP contribution < -0.4 is 0 Å². The van der Waals surface area contributed by atoms with Crippen molar-refractivity contribution in [1.29, 1.82) is 0 Å². The lowest BCUT2D eigenvalue weighted by Gasteiger charge is -2.26. The zero-order valence-electron chi connectivity index (χ0n) is 6.77. The van der Waals surface area contributed by atoms with Crippen LogP contribution in [0.5, 0.6) is 0 Å². The zero-order valence-corrected chi connectivity index (χ0v) is 8.52. The first-order chi connectivity index (χ1) is 5.20. The Morgan fingerprint density at radius 1 is 1.64 bits per heavy atom. The molecule has 1 rings (SSSR count). The van der Waals surface area contributed by atoms with Crippen LogP contribution in [0.15, 0.2) is 0 Å². The molecule has 0 saturated carbocycles. The molecule has 0 aromatic carbocycles. The van der Waals surface area contributed by atoms with Crippen molar-refractivity contribution in [3.8, 4) is 0 Å². The van der Waals surface area contributed by atoms with Gasteiger partial charge in [-0.05, 0) is 12.8 Å². The minimum absolute atomic E-state index is 0.293.